The Morgan fingerprint density at radius 1 is 0.773 bits per heavy atom. The van der Waals surface area contributed by atoms with Crippen molar-refractivity contribution >= 4 is 27.5 Å². The van der Waals surface area contributed by atoms with E-state index in [1.165, 1.54) is 29.2 Å². The van der Waals surface area contributed by atoms with E-state index in [0.717, 1.165) is 34.1 Å². The summed E-state index contributed by atoms with van der Waals surface area (Å²) in [4.78, 5) is 29.3. The number of nitrogens with one attached hydrogen (secondary N) is 1. The van der Waals surface area contributed by atoms with Crippen LogP contribution in [0.15, 0.2) is 114 Å². The lowest BCUT2D eigenvalue weighted by atomic mass is 10.0. The first kappa shape index (κ1) is 32.3. The van der Waals surface area contributed by atoms with Gasteiger partial charge in [0.1, 0.15) is 24.2 Å². The van der Waals surface area contributed by atoms with Crippen molar-refractivity contribution in [2.45, 2.75) is 50.2 Å². The van der Waals surface area contributed by atoms with Gasteiger partial charge in [-0.1, -0.05) is 67.6 Å². The maximum absolute atomic E-state index is 14.3. The molecular weight excluding hydrogens is 584 g/mol. The molecule has 0 fully saturated rings. The summed E-state index contributed by atoms with van der Waals surface area (Å²) in [6.45, 7) is 3.06. The molecule has 4 aromatic rings. The van der Waals surface area contributed by atoms with Gasteiger partial charge in [-0.15, -0.1) is 0 Å². The number of para-hydroxylation sites is 1. The van der Waals surface area contributed by atoms with Crippen LogP contribution >= 0.6 is 0 Å². The molecule has 4 aromatic carbocycles. The summed E-state index contributed by atoms with van der Waals surface area (Å²) in [6, 6.07) is 26.0. The Balaban J connectivity index is 1.78. The van der Waals surface area contributed by atoms with E-state index in [1.807, 2.05) is 44.2 Å². The minimum Gasteiger partial charge on any atom is -0.352 e. The van der Waals surface area contributed by atoms with Gasteiger partial charge in [0.05, 0.1) is 10.6 Å². The number of rotatable bonds is 13. The van der Waals surface area contributed by atoms with Crippen molar-refractivity contribution in [3.8, 4) is 0 Å². The number of amides is 2. The molecular formula is C34H35F2N3O4S. The van der Waals surface area contributed by atoms with Gasteiger partial charge in [0.25, 0.3) is 10.0 Å². The molecule has 0 spiro atoms. The fourth-order valence-corrected chi connectivity index (χ4v) is 6.05. The molecule has 0 bridgehead atoms. The fourth-order valence-electron chi connectivity index (χ4n) is 4.64. The average molecular weight is 620 g/mol. The topological polar surface area (TPSA) is 86.8 Å². The predicted molar refractivity (Wildman–Crippen MR) is 166 cm³/mol. The summed E-state index contributed by atoms with van der Waals surface area (Å²) in [7, 11) is -4.34. The monoisotopic (exact) mass is 619 g/mol. The zero-order chi connectivity index (χ0) is 31.7. The van der Waals surface area contributed by atoms with E-state index in [0.29, 0.717) is 12.0 Å². The van der Waals surface area contributed by atoms with Gasteiger partial charge in [-0.2, -0.15) is 0 Å². The molecule has 0 saturated carbocycles. The van der Waals surface area contributed by atoms with Gasteiger partial charge in [0, 0.05) is 19.0 Å². The van der Waals surface area contributed by atoms with Crippen molar-refractivity contribution in [1.29, 1.82) is 0 Å². The molecule has 230 valence electrons. The van der Waals surface area contributed by atoms with Gasteiger partial charge in [-0.25, -0.2) is 17.2 Å². The van der Waals surface area contributed by atoms with E-state index < -0.39 is 46.1 Å². The van der Waals surface area contributed by atoms with E-state index in [-0.39, 0.29) is 29.6 Å². The molecule has 0 aliphatic carbocycles. The molecule has 4 rings (SSSR count). The molecule has 10 heteroatoms. The summed E-state index contributed by atoms with van der Waals surface area (Å²) in [6.07, 6.45) is 0.819. The number of nitrogens with zero attached hydrogens (tertiary/aromatic N) is 2. The highest BCUT2D eigenvalue weighted by atomic mass is 32.2. The van der Waals surface area contributed by atoms with E-state index >= 15 is 0 Å². The second-order valence-corrected chi connectivity index (χ2v) is 12.3. The number of carbonyl (C=O) groups is 2. The Hall–Kier alpha value is -4.57. The first-order valence-corrected chi connectivity index (χ1v) is 15.7. The number of carbonyl (C=O) groups excluding carboxylic acids is 2. The summed E-state index contributed by atoms with van der Waals surface area (Å²) < 4.78 is 56.2. The largest absolute Gasteiger partial charge is 0.352 e. The summed E-state index contributed by atoms with van der Waals surface area (Å²) in [5.41, 5.74) is 1.57. The van der Waals surface area contributed by atoms with Crippen LogP contribution in [0.5, 0.6) is 0 Å². The number of sulfonamides is 1. The summed E-state index contributed by atoms with van der Waals surface area (Å²) in [5.74, 6) is -2.11. The molecule has 2 atom stereocenters. The Bertz CT molecular complexity index is 1640. The van der Waals surface area contributed by atoms with Gasteiger partial charge in [0.15, 0.2) is 0 Å². The molecule has 0 unspecified atom stereocenters. The Morgan fingerprint density at radius 3 is 1.89 bits per heavy atom. The predicted octanol–water partition coefficient (Wildman–Crippen LogP) is 5.71. The first-order valence-electron chi connectivity index (χ1n) is 14.3. The lowest BCUT2D eigenvalue weighted by Gasteiger charge is -2.34. The van der Waals surface area contributed by atoms with Crippen molar-refractivity contribution in [3.63, 3.8) is 0 Å². The number of hydrogen-bond acceptors (Lipinski definition) is 4. The molecule has 1 N–H and O–H groups in total. The van der Waals surface area contributed by atoms with Crippen molar-refractivity contribution in [3.05, 3.63) is 132 Å². The van der Waals surface area contributed by atoms with Gasteiger partial charge < -0.3 is 10.2 Å². The first-order chi connectivity index (χ1) is 21.1. The number of anilines is 1. The molecule has 0 saturated heterocycles. The van der Waals surface area contributed by atoms with Crippen molar-refractivity contribution in [2.24, 2.45) is 0 Å². The van der Waals surface area contributed by atoms with Crippen LogP contribution in [0.4, 0.5) is 14.5 Å². The summed E-state index contributed by atoms with van der Waals surface area (Å²) in [5, 5.41) is 2.97. The minimum absolute atomic E-state index is 0.0796. The maximum atomic E-state index is 14.3. The van der Waals surface area contributed by atoms with E-state index in [9.17, 15) is 26.8 Å². The zero-order valence-electron chi connectivity index (χ0n) is 24.6. The highest BCUT2D eigenvalue weighted by Crippen LogP contribution is 2.25. The fraction of sp³-hybridized carbons (Fsp3) is 0.235. The maximum Gasteiger partial charge on any atom is 0.264 e. The number of halogens is 2. The van der Waals surface area contributed by atoms with Crippen LogP contribution in [0.3, 0.4) is 0 Å². The van der Waals surface area contributed by atoms with Crippen LogP contribution in [0.1, 0.15) is 31.4 Å². The summed E-state index contributed by atoms with van der Waals surface area (Å²) >= 11 is 0. The molecule has 0 aromatic heterocycles. The third-order valence-electron chi connectivity index (χ3n) is 7.26. The molecule has 0 aliphatic heterocycles. The van der Waals surface area contributed by atoms with Gasteiger partial charge in [0.2, 0.25) is 11.8 Å². The molecule has 7 nitrogen and oxygen atoms in total. The normalized spacial score (nSPS) is 12.6. The van der Waals surface area contributed by atoms with E-state index in [2.05, 4.69) is 5.32 Å². The van der Waals surface area contributed by atoms with Gasteiger partial charge in [-0.3, -0.25) is 13.9 Å². The third-order valence-corrected chi connectivity index (χ3v) is 9.05. The average Bonchev–Trinajstić information content (AvgIpc) is 3.03. The smallest absolute Gasteiger partial charge is 0.264 e. The van der Waals surface area contributed by atoms with Crippen LogP contribution in [0.2, 0.25) is 0 Å². The highest BCUT2D eigenvalue weighted by molar-refractivity contribution is 7.92. The van der Waals surface area contributed by atoms with E-state index in [4.69, 9.17) is 0 Å². The van der Waals surface area contributed by atoms with Crippen LogP contribution in [-0.4, -0.2) is 43.8 Å². The van der Waals surface area contributed by atoms with Crippen molar-refractivity contribution < 1.29 is 26.8 Å². The van der Waals surface area contributed by atoms with Gasteiger partial charge in [-0.05, 0) is 73.0 Å². The molecule has 0 aliphatic rings. The standard InChI is InChI=1S/C34H35F2N3O4S/c1-3-25(2)37-34(41)32(22-26-10-6-4-7-11-26)38(23-27-14-16-28(35)17-15-27)33(40)24-39(30-12-8-5-9-13-30)44(42,43)31-20-18-29(36)19-21-31/h4-21,25,32H,3,22-24H2,1-2H3,(H,37,41)/t25-,32-/m1/s1. The SMILES string of the molecule is CC[C@@H](C)NC(=O)[C@@H](Cc1ccccc1)N(Cc1ccc(F)cc1)C(=O)CN(c1ccccc1)S(=O)(=O)c1ccc(F)cc1. The third kappa shape index (κ3) is 8.29. The molecule has 0 radical (unpaired) electrons. The second-order valence-electron chi connectivity index (χ2n) is 10.5. The minimum atomic E-state index is -4.34. The Kier molecular flexibility index (Phi) is 10.8. The van der Waals surface area contributed by atoms with Crippen molar-refractivity contribution in [1.82, 2.24) is 10.2 Å². The molecule has 2 amide bonds. The second kappa shape index (κ2) is 14.7. The Labute approximate surface area is 257 Å². The van der Waals surface area contributed by atoms with E-state index in [1.54, 1.807) is 30.3 Å². The molecule has 0 heterocycles. The highest BCUT2D eigenvalue weighted by Gasteiger charge is 2.35. The van der Waals surface area contributed by atoms with Crippen LogP contribution < -0.4 is 9.62 Å². The van der Waals surface area contributed by atoms with Crippen LogP contribution in [-0.2, 0) is 32.6 Å². The van der Waals surface area contributed by atoms with Crippen LogP contribution in [0.25, 0.3) is 0 Å². The Morgan fingerprint density at radius 2 is 1.32 bits per heavy atom. The quantitative estimate of drug-likeness (QED) is 0.208. The van der Waals surface area contributed by atoms with Gasteiger partial charge >= 0.3 is 0 Å². The number of hydrogen-bond donors (Lipinski definition) is 1. The zero-order valence-corrected chi connectivity index (χ0v) is 25.4. The van der Waals surface area contributed by atoms with Crippen LogP contribution in [0, 0.1) is 11.6 Å². The number of benzene rings is 4. The lowest BCUT2D eigenvalue weighted by Crippen LogP contribution is -2.54. The molecule has 44 heavy (non-hydrogen) atoms. The van der Waals surface area contributed by atoms with Crippen molar-refractivity contribution in [2.75, 3.05) is 10.8 Å². The lowest BCUT2D eigenvalue weighted by molar-refractivity contribution is -0.140.